The predicted molar refractivity (Wildman–Crippen MR) is 115 cm³/mol. The third-order valence-electron chi connectivity index (χ3n) is 4.52. The van der Waals surface area contributed by atoms with Crippen molar-refractivity contribution in [2.45, 2.75) is 38.5 Å². The van der Waals surface area contributed by atoms with E-state index in [9.17, 15) is 9.59 Å². The molecule has 2 aromatic carbocycles. The second-order valence-corrected chi connectivity index (χ2v) is 7.06. The quantitative estimate of drug-likeness (QED) is 0.226. The number of rotatable bonds is 12. The fourth-order valence-electron chi connectivity index (χ4n) is 2.84. The Bertz CT molecular complexity index is 738. The molecule has 0 aliphatic heterocycles. The summed E-state index contributed by atoms with van der Waals surface area (Å²) in [6.45, 7) is 0.429. The van der Waals surface area contributed by atoms with Gasteiger partial charge >= 0.3 is 5.97 Å². The van der Waals surface area contributed by atoms with E-state index in [0.717, 1.165) is 31.4 Å². The van der Waals surface area contributed by atoms with Gasteiger partial charge in [0.25, 0.3) is 0 Å². The van der Waals surface area contributed by atoms with Gasteiger partial charge in [-0.1, -0.05) is 37.8 Å². The molecule has 0 saturated heterocycles. The molecular formula is C23H28O4S. The molecule has 0 atom stereocenters. The molecule has 0 aliphatic rings. The first-order valence-corrected chi connectivity index (χ1v) is 10.4. The molecule has 0 amide bonds. The van der Waals surface area contributed by atoms with E-state index >= 15 is 0 Å². The van der Waals surface area contributed by atoms with Crippen LogP contribution < -0.4 is 4.74 Å². The number of hydrogen-bond donors (Lipinski definition) is 1. The Morgan fingerprint density at radius 3 is 1.82 bits per heavy atom. The van der Waals surface area contributed by atoms with Crippen molar-refractivity contribution >= 4 is 24.4 Å². The third kappa shape index (κ3) is 7.04. The largest absolute Gasteiger partial charge is 0.497 e. The Kier molecular flexibility index (Phi) is 9.63. The van der Waals surface area contributed by atoms with Crippen LogP contribution in [0, 0.1) is 0 Å². The van der Waals surface area contributed by atoms with Crippen molar-refractivity contribution < 1.29 is 19.1 Å². The first-order chi connectivity index (χ1) is 13.7. The summed E-state index contributed by atoms with van der Waals surface area (Å²) in [6, 6.07) is 13.5. The van der Waals surface area contributed by atoms with Gasteiger partial charge in [0.05, 0.1) is 19.3 Å². The van der Waals surface area contributed by atoms with Crippen LogP contribution in [0.15, 0.2) is 48.5 Å². The van der Waals surface area contributed by atoms with Gasteiger partial charge in [0, 0.05) is 11.1 Å². The molecule has 0 spiro atoms. The van der Waals surface area contributed by atoms with Gasteiger partial charge in [-0.15, -0.1) is 0 Å². The first-order valence-electron chi connectivity index (χ1n) is 9.72. The highest BCUT2D eigenvalue weighted by atomic mass is 32.1. The third-order valence-corrected chi connectivity index (χ3v) is 4.84. The fourth-order valence-corrected chi connectivity index (χ4v) is 3.06. The molecule has 0 N–H and O–H groups in total. The van der Waals surface area contributed by atoms with Gasteiger partial charge in [0.2, 0.25) is 0 Å². The highest BCUT2D eigenvalue weighted by molar-refractivity contribution is 7.80. The number of carbonyl (C=O) groups excluding carboxylic acids is 2. The maximum atomic E-state index is 12.5. The SMILES string of the molecule is COc1ccc(C(=O)c2ccc(C(=O)OCCCCCCCCS)cc2)cc1. The lowest BCUT2D eigenvalue weighted by atomic mass is 10.0. The van der Waals surface area contributed by atoms with E-state index in [1.165, 1.54) is 12.8 Å². The average molecular weight is 401 g/mol. The summed E-state index contributed by atoms with van der Waals surface area (Å²) in [5.41, 5.74) is 1.56. The minimum Gasteiger partial charge on any atom is -0.497 e. The van der Waals surface area contributed by atoms with Crippen LogP contribution in [0.2, 0.25) is 0 Å². The molecule has 150 valence electrons. The van der Waals surface area contributed by atoms with Crippen LogP contribution in [-0.4, -0.2) is 31.2 Å². The molecule has 0 saturated carbocycles. The molecule has 28 heavy (non-hydrogen) atoms. The molecule has 0 unspecified atom stereocenters. The van der Waals surface area contributed by atoms with E-state index in [2.05, 4.69) is 12.6 Å². The monoisotopic (exact) mass is 400 g/mol. The number of thiol groups is 1. The van der Waals surface area contributed by atoms with Crippen LogP contribution >= 0.6 is 12.6 Å². The van der Waals surface area contributed by atoms with Gasteiger partial charge in [-0.05, 0) is 55.0 Å². The van der Waals surface area contributed by atoms with Gasteiger partial charge in [-0.2, -0.15) is 12.6 Å². The Morgan fingerprint density at radius 1 is 0.750 bits per heavy atom. The van der Waals surface area contributed by atoms with Crippen molar-refractivity contribution in [1.29, 1.82) is 0 Å². The molecule has 0 radical (unpaired) electrons. The second-order valence-electron chi connectivity index (χ2n) is 6.62. The van der Waals surface area contributed by atoms with Crippen LogP contribution in [0.5, 0.6) is 5.75 Å². The van der Waals surface area contributed by atoms with Crippen molar-refractivity contribution in [2.24, 2.45) is 0 Å². The Balaban J connectivity index is 1.77. The van der Waals surface area contributed by atoms with Crippen molar-refractivity contribution in [2.75, 3.05) is 19.5 Å². The number of esters is 1. The molecule has 0 aromatic heterocycles. The van der Waals surface area contributed by atoms with Gasteiger partial charge < -0.3 is 9.47 Å². The smallest absolute Gasteiger partial charge is 0.338 e. The van der Waals surface area contributed by atoms with Crippen molar-refractivity contribution in [1.82, 2.24) is 0 Å². The Labute approximate surface area is 172 Å². The number of hydrogen-bond acceptors (Lipinski definition) is 5. The van der Waals surface area contributed by atoms with Crippen LogP contribution in [0.1, 0.15) is 64.8 Å². The Hall–Kier alpha value is -2.27. The zero-order valence-electron chi connectivity index (χ0n) is 16.4. The van der Waals surface area contributed by atoms with Crippen LogP contribution in [0.4, 0.5) is 0 Å². The zero-order valence-corrected chi connectivity index (χ0v) is 17.3. The summed E-state index contributed by atoms with van der Waals surface area (Å²) < 4.78 is 10.4. The molecule has 2 rings (SSSR count). The van der Waals surface area contributed by atoms with Gasteiger partial charge in [-0.25, -0.2) is 4.79 Å². The standard InChI is InChI=1S/C23H28O4S/c1-26-21-14-12-19(13-15-21)22(24)18-8-10-20(11-9-18)23(25)27-16-6-4-2-3-5-7-17-28/h8-15,28H,2-7,16-17H2,1H3. The van der Waals surface area contributed by atoms with Gasteiger partial charge in [-0.3, -0.25) is 4.79 Å². The van der Waals surface area contributed by atoms with Crippen molar-refractivity contribution in [3.05, 3.63) is 65.2 Å². The van der Waals surface area contributed by atoms with Crippen LogP contribution in [0.3, 0.4) is 0 Å². The van der Waals surface area contributed by atoms with Crippen LogP contribution in [0.25, 0.3) is 0 Å². The van der Waals surface area contributed by atoms with Gasteiger partial charge in [0.1, 0.15) is 5.75 Å². The molecule has 0 aliphatic carbocycles. The van der Waals surface area contributed by atoms with E-state index in [1.807, 2.05) is 0 Å². The highest BCUT2D eigenvalue weighted by Crippen LogP contribution is 2.16. The average Bonchev–Trinajstić information content (AvgIpc) is 2.75. The summed E-state index contributed by atoms with van der Waals surface area (Å²) in [7, 11) is 1.58. The lowest BCUT2D eigenvalue weighted by Crippen LogP contribution is -2.07. The lowest BCUT2D eigenvalue weighted by molar-refractivity contribution is 0.0497. The Morgan fingerprint density at radius 2 is 1.25 bits per heavy atom. The lowest BCUT2D eigenvalue weighted by Gasteiger charge is -2.06. The van der Waals surface area contributed by atoms with E-state index < -0.39 is 0 Å². The summed E-state index contributed by atoms with van der Waals surface area (Å²) in [5, 5.41) is 0. The number of benzene rings is 2. The molecule has 4 nitrogen and oxygen atoms in total. The normalized spacial score (nSPS) is 10.5. The highest BCUT2D eigenvalue weighted by Gasteiger charge is 2.12. The number of carbonyl (C=O) groups is 2. The minimum absolute atomic E-state index is 0.0968. The fraction of sp³-hybridized carbons (Fsp3) is 0.391. The maximum absolute atomic E-state index is 12.5. The van der Waals surface area contributed by atoms with E-state index in [4.69, 9.17) is 9.47 Å². The molecule has 0 heterocycles. The molecule has 5 heteroatoms. The molecule has 2 aromatic rings. The van der Waals surface area contributed by atoms with E-state index in [1.54, 1.807) is 55.6 Å². The number of methoxy groups -OCH3 is 1. The molecular weight excluding hydrogens is 372 g/mol. The number of unbranched alkanes of at least 4 members (excludes halogenated alkanes) is 5. The summed E-state index contributed by atoms with van der Waals surface area (Å²) in [5.74, 6) is 1.20. The van der Waals surface area contributed by atoms with E-state index in [0.29, 0.717) is 29.0 Å². The number of ketones is 1. The van der Waals surface area contributed by atoms with Crippen LogP contribution in [-0.2, 0) is 4.74 Å². The molecule has 0 fully saturated rings. The van der Waals surface area contributed by atoms with Crippen molar-refractivity contribution in [3.8, 4) is 5.75 Å². The summed E-state index contributed by atoms with van der Waals surface area (Å²) >= 11 is 4.20. The molecule has 0 bridgehead atoms. The maximum Gasteiger partial charge on any atom is 0.338 e. The topological polar surface area (TPSA) is 52.6 Å². The minimum atomic E-state index is -0.349. The van der Waals surface area contributed by atoms with Gasteiger partial charge in [0.15, 0.2) is 5.78 Å². The van der Waals surface area contributed by atoms with Crippen molar-refractivity contribution in [3.63, 3.8) is 0 Å². The number of ether oxygens (including phenoxy) is 2. The summed E-state index contributed by atoms with van der Waals surface area (Å²) in [4.78, 5) is 24.6. The summed E-state index contributed by atoms with van der Waals surface area (Å²) in [6.07, 6.45) is 6.68. The predicted octanol–water partition coefficient (Wildman–Crippen LogP) is 5.35. The first kappa shape index (κ1) is 22.0. The zero-order chi connectivity index (χ0) is 20.2. The van der Waals surface area contributed by atoms with E-state index in [-0.39, 0.29) is 11.8 Å². The second kappa shape index (κ2) is 12.2.